The van der Waals surface area contributed by atoms with Crippen LogP contribution in [0.2, 0.25) is 0 Å². The van der Waals surface area contributed by atoms with Crippen LogP contribution < -0.4 is 0 Å². The Hall–Kier alpha value is -1.16. The fourth-order valence-electron chi connectivity index (χ4n) is 1.79. The fourth-order valence-corrected chi connectivity index (χ4v) is 1.79. The van der Waals surface area contributed by atoms with Crippen molar-refractivity contribution in [3.8, 4) is 0 Å². The van der Waals surface area contributed by atoms with Gasteiger partial charge < -0.3 is 4.90 Å². The first kappa shape index (κ1) is 12.9. The Morgan fingerprint density at radius 1 is 1.56 bits per heavy atom. The van der Waals surface area contributed by atoms with Gasteiger partial charge in [0.25, 0.3) is 0 Å². The predicted molar refractivity (Wildman–Crippen MR) is 64.7 cm³/mol. The molecule has 1 unspecified atom stereocenters. The molecule has 0 N–H and O–H groups in total. The van der Waals surface area contributed by atoms with Crippen molar-refractivity contribution in [1.29, 1.82) is 0 Å². The second-order valence-corrected chi connectivity index (χ2v) is 4.37. The predicted octanol–water partition coefficient (Wildman–Crippen LogP) is 1.99. The van der Waals surface area contributed by atoms with Crippen LogP contribution in [0.1, 0.15) is 43.2 Å². The molecule has 0 aliphatic heterocycles. The first-order valence-corrected chi connectivity index (χ1v) is 5.75. The molecule has 1 heterocycles. The fraction of sp³-hybridized carbons (Fsp3) is 0.667. The van der Waals surface area contributed by atoms with Crippen molar-refractivity contribution in [2.45, 2.75) is 32.7 Å². The number of Topliss-reactive ketones (excluding diaryl/α,β-unsaturated/α-hetero) is 1. The summed E-state index contributed by atoms with van der Waals surface area (Å²) >= 11 is 0. The first-order chi connectivity index (χ1) is 7.56. The van der Waals surface area contributed by atoms with E-state index in [1.807, 2.05) is 4.68 Å². The van der Waals surface area contributed by atoms with Crippen molar-refractivity contribution in [3.63, 3.8) is 0 Å². The van der Waals surface area contributed by atoms with E-state index in [1.54, 1.807) is 19.2 Å². The molecule has 0 amide bonds. The maximum atomic E-state index is 11.4. The van der Waals surface area contributed by atoms with Crippen molar-refractivity contribution >= 4 is 5.78 Å². The van der Waals surface area contributed by atoms with Crippen LogP contribution in [0.5, 0.6) is 0 Å². The van der Waals surface area contributed by atoms with Gasteiger partial charge in [0.05, 0.1) is 6.04 Å². The normalized spacial score (nSPS) is 13.1. The zero-order chi connectivity index (χ0) is 12.1. The lowest BCUT2D eigenvalue weighted by atomic mass is 10.1. The Kier molecular flexibility index (Phi) is 4.68. The molecule has 0 saturated heterocycles. The van der Waals surface area contributed by atoms with E-state index in [0.29, 0.717) is 11.7 Å². The van der Waals surface area contributed by atoms with Gasteiger partial charge in [0.2, 0.25) is 0 Å². The largest absolute Gasteiger partial charge is 0.309 e. The third-order valence-electron chi connectivity index (χ3n) is 2.76. The van der Waals surface area contributed by atoms with Gasteiger partial charge in [0.15, 0.2) is 5.78 Å². The lowest BCUT2D eigenvalue weighted by Crippen LogP contribution is -2.21. The van der Waals surface area contributed by atoms with E-state index in [2.05, 4.69) is 31.0 Å². The second-order valence-electron chi connectivity index (χ2n) is 4.37. The van der Waals surface area contributed by atoms with Crippen LogP contribution in [0.4, 0.5) is 0 Å². The van der Waals surface area contributed by atoms with Crippen molar-refractivity contribution in [1.82, 2.24) is 14.7 Å². The highest BCUT2D eigenvalue weighted by Crippen LogP contribution is 2.17. The Morgan fingerprint density at radius 2 is 2.25 bits per heavy atom. The summed E-state index contributed by atoms with van der Waals surface area (Å²) in [6.45, 7) is 4.73. The molecule has 4 heteroatoms. The summed E-state index contributed by atoms with van der Waals surface area (Å²) in [5.74, 6) is 0.0841. The summed E-state index contributed by atoms with van der Waals surface area (Å²) in [4.78, 5) is 13.6. The molecular weight excluding hydrogens is 202 g/mol. The van der Waals surface area contributed by atoms with E-state index in [4.69, 9.17) is 0 Å². The SMILES string of the molecule is CCC(CCN(C)C)n1nccc1C(C)=O. The van der Waals surface area contributed by atoms with Crippen LogP contribution in [0.15, 0.2) is 12.3 Å². The highest BCUT2D eigenvalue weighted by molar-refractivity contribution is 5.92. The third kappa shape index (κ3) is 3.17. The highest BCUT2D eigenvalue weighted by atomic mass is 16.1. The molecule has 0 bridgehead atoms. The molecule has 90 valence electrons. The Balaban J connectivity index is 2.78. The Morgan fingerprint density at radius 3 is 2.75 bits per heavy atom. The van der Waals surface area contributed by atoms with Crippen molar-refractivity contribution in [2.75, 3.05) is 20.6 Å². The summed E-state index contributed by atoms with van der Waals surface area (Å²) in [7, 11) is 4.11. The first-order valence-electron chi connectivity index (χ1n) is 5.75. The number of carbonyl (C=O) groups is 1. The van der Waals surface area contributed by atoms with Gasteiger partial charge in [-0.3, -0.25) is 9.48 Å². The minimum atomic E-state index is 0.0841. The van der Waals surface area contributed by atoms with Gasteiger partial charge in [-0.1, -0.05) is 6.92 Å². The molecule has 0 aromatic carbocycles. The average molecular weight is 223 g/mol. The molecule has 0 spiro atoms. The van der Waals surface area contributed by atoms with Crippen LogP contribution in [-0.4, -0.2) is 41.1 Å². The molecule has 16 heavy (non-hydrogen) atoms. The van der Waals surface area contributed by atoms with E-state index < -0.39 is 0 Å². The molecule has 1 rings (SSSR count). The number of aromatic nitrogens is 2. The number of hydrogen-bond acceptors (Lipinski definition) is 3. The van der Waals surface area contributed by atoms with E-state index in [0.717, 1.165) is 19.4 Å². The number of carbonyl (C=O) groups excluding carboxylic acids is 1. The minimum absolute atomic E-state index is 0.0841. The topological polar surface area (TPSA) is 38.1 Å². The van der Waals surface area contributed by atoms with Crippen LogP contribution in [0.3, 0.4) is 0 Å². The summed E-state index contributed by atoms with van der Waals surface area (Å²) in [6, 6.07) is 2.11. The molecule has 0 fully saturated rings. The van der Waals surface area contributed by atoms with Gasteiger partial charge in [-0.25, -0.2) is 0 Å². The zero-order valence-corrected chi connectivity index (χ0v) is 10.6. The van der Waals surface area contributed by atoms with Gasteiger partial charge in [-0.05, 0) is 39.5 Å². The smallest absolute Gasteiger partial charge is 0.177 e. The lowest BCUT2D eigenvalue weighted by molar-refractivity contribution is 0.0999. The van der Waals surface area contributed by atoms with Crippen LogP contribution in [0, 0.1) is 0 Å². The molecule has 0 saturated carbocycles. The molecule has 1 atom stereocenters. The van der Waals surface area contributed by atoms with Gasteiger partial charge >= 0.3 is 0 Å². The average Bonchev–Trinajstić information content (AvgIpc) is 2.67. The van der Waals surface area contributed by atoms with Crippen molar-refractivity contribution in [3.05, 3.63) is 18.0 Å². The van der Waals surface area contributed by atoms with Crippen LogP contribution in [-0.2, 0) is 0 Å². The van der Waals surface area contributed by atoms with Gasteiger partial charge in [-0.15, -0.1) is 0 Å². The van der Waals surface area contributed by atoms with E-state index in [9.17, 15) is 4.79 Å². The number of rotatable bonds is 6. The van der Waals surface area contributed by atoms with Gasteiger partial charge in [0, 0.05) is 13.1 Å². The lowest BCUT2D eigenvalue weighted by Gasteiger charge is -2.19. The molecule has 1 aromatic heterocycles. The van der Waals surface area contributed by atoms with E-state index in [-0.39, 0.29) is 5.78 Å². The standard InChI is InChI=1S/C12H21N3O/c1-5-11(7-9-14(3)4)15-12(10(2)16)6-8-13-15/h6,8,11H,5,7,9H2,1-4H3. The maximum Gasteiger partial charge on any atom is 0.177 e. The van der Waals surface area contributed by atoms with E-state index in [1.165, 1.54) is 0 Å². The van der Waals surface area contributed by atoms with Gasteiger partial charge in [-0.2, -0.15) is 5.10 Å². The van der Waals surface area contributed by atoms with E-state index >= 15 is 0 Å². The summed E-state index contributed by atoms with van der Waals surface area (Å²) in [6.07, 6.45) is 3.72. The van der Waals surface area contributed by atoms with Crippen LogP contribution >= 0.6 is 0 Å². The highest BCUT2D eigenvalue weighted by Gasteiger charge is 2.15. The monoisotopic (exact) mass is 223 g/mol. The summed E-state index contributed by atoms with van der Waals surface area (Å²) in [5, 5.41) is 4.26. The Labute approximate surface area is 97.2 Å². The molecule has 4 nitrogen and oxygen atoms in total. The molecular formula is C12H21N3O. The summed E-state index contributed by atoms with van der Waals surface area (Å²) < 4.78 is 1.87. The number of hydrogen-bond donors (Lipinski definition) is 0. The maximum absolute atomic E-state index is 11.4. The molecule has 0 radical (unpaired) electrons. The quantitative estimate of drug-likeness (QED) is 0.692. The Bertz CT molecular complexity index is 344. The third-order valence-corrected chi connectivity index (χ3v) is 2.76. The molecule has 0 aliphatic rings. The number of ketones is 1. The van der Waals surface area contributed by atoms with Crippen LogP contribution in [0.25, 0.3) is 0 Å². The molecule has 0 aliphatic carbocycles. The van der Waals surface area contributed by atoms with Crippen molar-refractivity contribution < 1.29 is 4.79 Å². The molecule has 1 aromatic rings. The second kappa shape index (κ2) is 5.80. The van der Waals surface area contributed by atoms with Gasteiger partial charge in [0.1, 0.15) is 5.69 Å². The zero-order valence-electron chi connectivity index (χ0n) is 10.6. The minimum Gasteiger partial charge on any atom is -0.309 e. The summed E-state index contributed by atoms with van der Waals surface area (Å²) in [5.41, 5.74) is 0.714. The number of nitrogens with zero attached hydrogens (tertiary/aromatic N) is 3. The van der Waals surface area contributed by atoms with Crippen molar-refractivity contribution in [2.24, 2.45) is 0 Å².